The van der Waals surface area contributed by atoms with Crippen LogP contribution < -0.4 is 23.7 Å². The fourth-order valence-electron chi connectivity index (χ4n) is 11.3. The molecule has 2 N–H and O–H groups in total. The highest BCUT2D eigenvalue weighted by Gasteiger charge is 2.66. The van der Waals surface area contributed by atoms with Crippen LogP contribution in [-0.2, 0) is 22.7 Å². The fraction of sp³-hybridized carbons (Fsp3) is 0.322. The number of nitrogens with zero attached hydrogens (tertiary/aromatic N) is 4. The third-order valence-electron chi connectivity index (χ3n) is 14.8. The van der Waals surface area contributed by atoms with E-state index in [2.05, 4.69) is 12.7 Å². The van der Waals surface area contributed by atoms with Gasteiger partial charge in [0.25, 0.3) is 11.4 Å². The number of amides is 1. The van der Waals surface area contributed by atoms with Crippen LogP contribution in [0, 0.1) is 38.0 Å². The Bertz CT molecular complexity index is 3200. The molecule has 0 aromatic heterocycles. The van der Waals surface area contributed by atoms with E-state index >= 15 is 4.79 Å². The van der Waals surface area contributed by atoms with Crippen molar-refractivity contribution in [3.8, 4) is 34.5 Å². The van der Waals surface area contributed by atoms with E-state index in [1.165, 1.54) is 41.3 Å². The number of hydrogen-bond donors (Lipinski definition) is 2. The lowest BCUT2D eigenvalue weighted by Gasteiger charge is -2.59. The molecular formula is C59H58N4O14. The van der Waals surface area contributed by atoms with Gasteiger partial charge in [-0.3, -0.25) is 25.1 Å². The minimum absolute atomic E-state index is 0.00355. The summed E-state index contributed by atoms with van der Waals surface area (Å²) in [5.74, 6) is -0.274. The Labute approximate surface area is 444 Å². The van der Waals surface area contributed by atoms with E-state index in [1.54, 1.807) is 30.3 Å². The predicted octanol–water partition coefficient (Wildman–Crippen LogP) is 11.7. The van der Waals surface area contributed by atoms with E-state index in [9.17, 15) is 30.4 Å². The Balaban J connectivity index is 1.16. The third kappa shape index (κ3) is 11.2. The lowest BCUT2D eigenvalue weighted by molar-refractivity contribution is -0.385. The monoisotopic (exact) mass is 1050 g/mol. The number of aliphatic hydroxyl groups excluding tert-OH is 2. The number of allylic oxidation sites excluding steroid dienone is 1. The van der Waals surface area contributed by atoms with Crippen LogP contribution in [0.2, 0.25) is 0 Å². The first kappa shape index (κ1) is 52.1. The molecule has 6 aromatic carbocycles. The van der Waals surface area contributed by atoms with E-state index < -0.39 is 39.6 Å². The van der Waals surface area contributed by atoms with Crippen molar-refractivity contribution in [3.05, 3.63) is 189 Å². The molecule has 10 rings (SSSR count). The SMILES string of the molecule is C=CCOC12Oc3ccc(Oc4ccc5ccccc5c4)cc3C3C(CCCCO)C(CCCCO)C=C(C(=NOCc4ccc([N+](=O)[O-])cc4)CC1N(Cc1ccc4c(c1)OCO4)C(=O)Oc1ccc([N+](=O)[O-])cc1)C32. The van der Waals surface area contributed by atoms with Crippen LogP contribution in [-0.4, -0.2) is 75.2 Å². The summed E-state index contributed by atoms with van der Waals surface area (Å²) in [6, 6.07) is 35.2. The summed E-state index contributed by atoms with van der Waals surface area (Å²) in [5, 5.41) is 50.4. The largest absolute Gasteiger partial charge is 0.459 e. The van der Waals surface area contributed by atoms with E-state index in [1.807, 2.05) is 66.7 Å². The Kier molecular flexibility index (Phi) is 15.8. The van der Waals surface area contributed by atoms with Crippen molar-refractivity contribution in [2.24, 2.45) is 22.9 Å². The predicted molar refractivity (Wildman–Crippen MR) is 284 cm³/mol. The average molecular weight is 1050 g/mol. The molecule has 6 aromatic rings. The molecule has 2 aliphatic heterocycles. The zero-order chi connectivity index (χ0) is 53.5. The first-order valence-corrected chi connectivity index (χ1v) is 25.8. The highest BCUT2D eigenvalue weighted by atomic mass is 16.7. The first-order valence-electron chi connectivity index (χ1n) is 25.8. The number of carbonyl (C=O) groups is 1. The summed E-state index contributed by atoms with van der Waals surface area (Å²) < 4.78 is 38.9. The van der Waals surface area contributed by atoms with Gasteiger partial charge in [0.1, 0.15) is 35.6 Å². The molecule has 77 heavy (non-hydrogen) atoms. The van der Waals surface area contributed by atoms with Gasteiger partial charge < -0.3 is 43.5 Å². The maximum absolute atomic E-state index is 15.4. The van der Waals surface area contributed by atoms with Crippen molar-refractivity contribution >= 4 is 34.0 Å². The van der Waals surface area contributed by atoms with Gasteiger partial charge in [-0.15, -0.1) is 6.58 Å². The number of rotatable bonds is 22. The van der Waals surface area contributed by atoms with Gasteiger partial charge in [0.2, 0.25) is 12.6 Å². The van der Waals surface area contributed by atoms with Gasteiger partial charge in [-0.25, -0.2) is 4.79 Å². The zero-order valence-electron chi connectivity index (χ0n) is 42.1. The van der Waals surface area contributed by atoms with Crippen LogP contribution in [0.3, 0.4) is 0 Å². The molecule has 1 fully saturated rings. The molecule has 1 saturated carbocycles. The van der Waals surface area contributed by atoms with Gasteiger partial charge in [-0.2, -0.15) is 0 Å². The molecule has 18 nitrogen and oxygen atoms in total. The summed E-state index contributed by atoms with van der Waals surface area (Å²) in [4.78, 5) is 45.3. The molecule has 18 heteroatoms. The van der Waals surface area contributed by atoms with Crippen LogP contribution in [0.15, 0.2) is 157 Å². The van der Waals surface area contributed by atoms with Crippen LogP contribution in [0.25, 0.3) is 10.8 Å². The number of nitro benzene ring substituents is 2. The minimum Gasteiger partial charge on any atom is -0.459 e. The third-order valence-corrected chi connectivity index (χ3v) is 14.8. The Hall–Kier alpha value is -8.32. The number of oxime groups is 1. The maximum Gasteiger partial charge on any atom is 0.416 e. The van der Waals surface area contributed by atoms with Crippen LogP contribution in [0.5, 0.6) is 34.5 Å². The van der Waals surface area contributed by atoms with Crippen molar-refractivity contribution in [3.63, 3.8) is 0 Å². The zero-order valence-corrected chi connectivity index (χ0v) is 42.1. The normalized spacial score (nSPS) is 21.2. The number of hydrogen-bond acceptors (Lipinski definition) is 15. The summed E-state index contributed by atoms with van der Waals surface area (Å²) in [6.45, 7) is 3.95. The second-order valence-corrected chi connectivity index (χ2v) is 19.5. The van der Waals surface area contributed by atoms with Crippen molar-refractivity contribution in [1.82, 2.24) is 4.90 Å². The average Bonchev–Trinajstić information content (AvgIpc) is 4.04. The van der Waals surface area contributed by atoms with Crippen LogP contribution >= 0.6 is 0 Å². The van der Waals surface area contributed by atoms with Gasteiger partial charge in [0.05, 0.1) is 28.1 Å². The van der Waals surface area contributed by atoms with Crippen LogP contribution in [0.4, 0.5) is 16.2 Å². The van der Waals surface area contributed by atoms with E-state index in [-0.39, 0.29) is 75.1 Å². The number of nitro groups is 2. The molecule has 6 atom stereocenters. The second kappa shape index (κ2) is 23.3. The van der Waals surface area contributed by atoms with E-state index in [0.29, 0.717) is 77.7 Å². The quantitative estimate of drug-likeness (QED) is 0.0279. The van der Waals surface area contributed by atoms with Gasteiger partial charge in [0, 0.05) is 61.9 Å². The molecule has 1 amide bonds. The van der Waals surface area contributed by atoms with Crippen LogP contribution in [0.1, 0.15) is 67.6 Å². The Morgan fingerprint density at radius 2 is 1.43 bits per heavy atom. The smallest absolute Gasteiger partial charge is 0.416 e. The molecular weight excluding hydrogens is 989 g/mol. The minimum atomic E-state index is -1.70. The number of fused-ring (bicyclic) bond motifs is 4. The lowest BCUT2D eigenvalue weighted by atomic mass is 9.55. The van der Waals surface area contributed by atoms with Gasteiger partial charge in [-0.1, -0.05) is 66.5 Å². The molecule has 6 unspecified atom stereocenters. The summed E-state index contributed by atoms with van der Waals surface area (Å²) in [6.07, 6.45) is 6.94. The highest BCUT2D eigenvalue weighted by Crippen LogP contribution is 2.62. The highest BCUT2D eigenvalue weighted by molar-refractivity contribution is 6.03. The van der Waals surface area contributed by atoms with E-state index in [4.69, 9.17) is 38.4 Å². The summed E-state index contributed by atoms with van der Waals surface area (Å²) in [5.41, 5.74) is 3.09. The Morgan fingerprint density at radius 1 is 0.766 bits per heavy atom. The molecule has 0 saturated heterocycles. The van der Waals surface area contributed by atoms with Gasteiger partial charge in [0.15, 0.2) is 11.5 Å². The first-order chi connectivity index (χ1) is 37.5. The summed E-state index contributed by atoms with van der Waals surface area (Å²) >= 11 is 0. The van der Waals surface area contributed by atoms with Crippen molar-refractivity contribution < 1.29 is 58.1 Å². The van der Waals surface area contributed by atoms with Gasteiger partial charge in [-0.05, 0) is 132 Å². The Morgan fingerprint density at radius 3 is 2.17 bits per heavy atom. The molecule has 0 radical (unpaired) electrons. The number of ether oxygens (including phenoxy) is 6. The molecule has 2 aliphatic carbocycles. The fourth-order valence-corrected chi connectivity index (χ4v) is 11.3. The standard InChI is InChI=1S/C59H58N4O14/c1-2-29-73-59-55(61(35-39-15-25-53-54(30-39)72-37-71-53)58(66)76-45-22-19-44(20-23-45)63(69)70)34-51(60-74-36-38-13-17-43(18-14-38)62(67)68)49-32-42(11-5-7-27-64)48(12-6-8-28-65)56(57(49)59)50-33-47(24-26-52(50)77-59)75-46-21-16-40-9-3-4-10-41(40)31-46/h2-4,9-10,13-26,30-33,42,48,55-57,64-65H,1,5-8,11-12,27-29,34-37H2. The molecule has 398 valence electrons. The van der Waals surface area contributed by atoms with Gasteiger partial charge >= 0.3 is 6.09 Å². The lowest BCUT2D eigenvalue weighted by Crippen LogP contribution is -2.70. The molecule has 4 aliphatic rings. The maximum atomic E-state index is 15.4. The molecule has 0 bridgehead atoms. The number of non-ortho nitro benzene ring substituents is 2. The number of carbonyl (C=O) groups excluding carboxylic acids is 1. The number of unbranched alkanes of at least 4 members (excludes halogenated alkanes) is 2. The van der Waals surface area contributed by atoms with Crippen molar-refractivity contribution in [2.75, 3.05) is 26.6 Å². The number of benzene rings is 6. The summed E-state index contributed by atoms with van der Waals surface area (Å²) in [7, 11) is 0. The topological polar surface area (TPSA) is 224 Å². The molecule has 0 spiro atoms. The van der Waals surface area contributed by atoms with Crippen molar-refractivity contribution in [2.45, 2.75) is 75.8 Å². The number of aliphatic hydroxyl groups is 2. The van der Waals surface area contributed by atoms with Crippen molar-refractivity contribution in [1.29, 1.82) is 0 Å². The van der Waals surface area contributed by atoms with E-state index in [0.717, 1.165) is 28.3 Å². The second-order valence-electron chi connectivity index (χ2n) is 19.5. The molecule has 2 heterocycles.